The van der Waals surface area contributed by atoms with Gasteiger partial charge in [-0.05, 0) is 23.3 Å². The Balaban J connectivity index is 1.86. The van der Waals surface area contributed by atoms with Crippen molar-refractivity contribution in [3.05, 3.63) is 113 Å². The van der Waals surface area contributed by atoms with Crippen molar-refractivity contribution in [1.82, 2.24) is 4.90 Å². The van der Waals surface area contributed by atoms with E-state index in [1.165, 1.54) is 17.0 Å². The minimum atomic E-state index is -4.08. The summed E-state index contributed by atoms with van der Waals surface area (Å²) in [4.78, 5) is 14.1. The van der Waals surface area contributed by atoms with E-state index in [1.54, 1.807) is 42.5 Å². The van der Waals surface area contributed by atoms with Crippen molar-refractivity contribution < 1.29 is 18.3 Å². The van der Waals surface area contributed by atoms with Crippen LogP contribution in [0.1, 0.15) is 17.2 Å². The van der Waals surface area contributed by atoms with Gasteiger partial charge in [0.15, 0.2) is 5.76 Å². The number of carbonyl (C=O) groups excluding carboxylic acids is 1. The minimum Gasteiger partial charge on any atom is -0.502 e. The Kier molecular flexibility index (Phi) is 4.94. The van der Waals surface area contributed by atoms with Crippen LogP contribution in [-0.4, -0.2) is 24.3 Å². The van der Waals surface area contributed by atoms with Crippen LogP contribution < -0.4 is 0 Å². The van der Waals surface area contributed by atoms with Crippen LogP contribution >= 0.6 is 0 Å². The highest BCUT2D eigenvalue weighted by Gasteiger charge is 2.46. The molecule has 0 unspecified atom stereocenters. The minimum absolute atomic E-state index is 0.0387. The summed E-state index contributed by atoms with van der Waals surface area (Å²) in [5.41, 5.74) is 1.46. The molecular formula is C23H19NO4S. The van der Waals surface area contributed by atoms with Crippen molar-refractivity contribution >= 4 is 15.7 Å². The molecule has 0 aromatic heterocycles. The van der Waals surface area contributed by atoms with Crippen LogP contribution in [0.4, 0.5) is 0 Å². The molecule has 0 saturated heterocycles. The molecule has 4 rings (SSSR count). The Morgan fingerprint density at radius 1 is 0.793 bits per heavy atom. The number of sulfone groups is 1. The molecule has 1 amide bonds. The molecule has 0 spiro atoms. The summed E-state index contributed by atoms with van der Waals surface area (Å²) in [6.07, 6.45) is 0. The molecule has 6 heteroatoms. The highest BCUT2D eigenvalue weighted by Crippen LogP contribution is 2.43. The Labute approximate surface area is 169 Å². The van der Waals surface area contributed by atoms with E-state index < -0.39 is 27.5 Å². The molecule has 5 nitrogen and oxygen atoms in total. The average Bonchev–Trinajstić information content (AvgIpc) is 3.01. The Bertz CT molecular complexity index is 1160. The van der Waals surface area contributed by atoms with Gasteiger partial charge in [0.25, 0.3) is 5.91 Å². The fourth-order valence-electron chi connectivity index (χ4n) is 3.54. The summed E-state index contributed by atoms with van der Waals surface area (Å²) in [6, 6.07) is 25.1. The van der Waals surface area contributed by atoms with Gasteiger partial charge in [-0.1, -0.05) is 78.9 Å². The highest BCUT2D eigenvalue weighted by molar-refractivity contribution is 7.95. The molecule has 0 radical (unpaired) electrons. The Morgan fingerprint density at radius 2 is 1.31 bits per heavy atom. The number of benzene rings is 3. The number of rotatable bonds is 5. The molecule has 3 aromatic carbocycles. The smallest absolute Gasteiger partial charge is 0.290 e. The molecule has 29 heavy (non-hydrogen) atoms. The lowest BCUT2D eigenvalue weighted by atomic mass is 10.1. The second-order valence-corrected chi connectivity index (χ2v) is 8.68. The first-order valence-electron chi connectivity index (χ1n) is 9.13. The first-order valence-corrected chi connectivity index (χ1v) is 10.6. The molecule has 0 fully saturated rings. The molecule has 3 aromatic rings. The lowest BCUT2D eigenvalue weighted by molar-refractivity contribution is -0.130. The second kappa shape index (κ2) is 7.56. The first-order chi connectivity index (χ1) is 14.0. The van der Waals surface area contributed by atoms with Crippen LogP contribution in [0.25, 0.3) is 0 Å². The summed E-state index contributed by atoms with van der Waals surface area (Å²) in [6.45, 7) is 0.178. The topological polar surface area (TPSA) is 74.7 Å². The number of carbonyl (C=O) groups is 1. The van der Waals surface area contributed by atoms with Crippen molar-refractivity contribution in [2.24, 2.45) is 0 Å². The molecule has 1 N–H and O–H groups in total. The average molecular weight is 405 g/mol. The van der Waals surface area contributed by atoms with Gasteiger partial charge in [-0.3, -0.25) is 4.79 Å². The van der Waals surface area contributed by atoms with Crippen LogP contribution in [0, 0.1) is 0 Å². The number of aliphatic hydroxyl groups excluding tert-OH is 1. The Morgan fingerprint density at radius 3 is 1.90 bits per heavy atom. The predicted octanol–water partition coefficient (Wildman–Crippen LogP) is 4.01. The van der Waals surface area contributed by atoms with Crippen LogP contribution in [0.15, 0.2) is 107 Å². The third-order valence-electron chi connectivity index (χ3n) is 4.91. The molecular weight excluding hydrogens is 386 g/mol. The zero-order valence-electron chi connectivity index (χ0n) is 15.5. The van der Waals surface area contributed by atoms with Crippen molar-refractivity contribution in [1.29, 1.82) is 0 Å². The summed E-state index contributed by atoms with van der Waals surface area (Å²) in [5.74, 6) is -1.42. The van der Waals surface area contributed by atoms with Gasteiger partial charge in [0.2, 0.25) is 9.84 Å². The maximum Gasteiger partial charge on any atom is 0.290 e. The van der Waals surface area contributed by atoms with Crippen molar-refractivity contribution in [2.45, 2.75) is 17.5 Å². The van der Waals surface area contributed by atoms with E-state index in [1.807, 2.05) is 36.4 Å². The largest absolute Gasteiger partial charge is 0.502 e. The molecule has 0 aliphatic carbocycles. The first kappa shape index (κ1) is 19.0. The lowest BCUT2D eigenvalue weighted by Crippen LogP contribution is -2.30. The van der Waals surface area contributed by atoms with E-state index in [2.05, 4.69) is 0 Å². The third kappa shape index (κ3) is 3.43. The molecule has 1 atom stereocenters. The predicted molar refractivity (Wildman–Crippen MR) is 109 cm³/mol. The van der Waals surface area contributed by atoms with E-state index in [0.717, 1.165) is 5.56 Å². The monoisotopic (exact) mass is 405 g/mol. The number of hydrogen-bond acceptors (Lipinski definition) is 4. The maximum atomic E-state index is 13.4. The molecule has 1 aliphatic rings. The van der Waals surface area contributed by atoms with Gasteiger partial charge in [-0.15, -0.1) is 0 Å². The van der Waals surface area contributed by atoms with Gasteiger partial charge >= 0.3 is 0 Å². The van der Waals surface area contributed by atoms with Gasteiger partial charge in [0, 0.05) is 6.54 Å². The maximum absolute atomic E-state index is 13.4. The fourth-order valence-corrected chi connectivity index (χ4v) is 5.21. The Hall–Kier alpha value is -3.38. The highest BCUT2D eigenvalue weighted by atomic mass is 32.2. The van der Waals surface area contributed by atoms with Crippen LogP contribution in [-0.2, 0) is 21.2 Å². The van der Waals surface area contributed by atoms with Crippen LogP contribution in [0.3, 0.4) is 0 Å². The zero-order chi connectivity index (χ0) is 20.4. The van der Waals surface area contributed by atoms with Gasteiger partial charge in [-0.2, -0.15) is 0 Å². The number of amides is 1. The molecule has 146 valence electrons. The summed E-state index contributed by atoms with van der Waals surface area (Å²) < 4.78 is 26.8. The van der Waals surface area contributed by atoms with E-state index in [9.17, 15) is 18.3 Å². The molecule has 0 saturated carbocycles. The fraction of sp³-hybridized carbons (Fsp3) is 0.0870. The van der Waals surface area contributed by atoms with E-state index in [-0.39, 0.29) is 16.3 Å². The van der Waals surface area contributed by atoms with Gasteiger partial charge in [0.05, 0.1) is 10.9 Å². The summed E-state index contributed by atoms with van der Waals surface area (Å²) >= 11 is 0. The van der Waals surface area contributed by atoms with Crippen molar-refractivity contribution in [2.75, 3.05) is 0 Å². The third-order valence-corrected chi connectivity index (χ3v) is 6.80. The number of hydrogen-bond donors (Lipinski definition) is 1. The standard InChI is InChI=1S/C23H19NO4S/c25-21-22(29(27,28)19-14-8-3-9-15-19)20(18-12-6-2-7-13-18)24(23(21)26)16-17-10-4-1-5-11-17/h1-15,20,25H,16H2/t20-/m1/s1. The normalized spacial score (nSPS) is 17.0. The van der Waals surface area contributed by atoms with Crippen molar-refractivity contribution in [3.8, 4) is 0 Å². The van der Waals surface area contributed by atoms with E-state index >= 15 is 0 Å². The molecule has 1 heterocycles. The number of nitrogens with zero attached hydrogens (tertiary/aromatic N) is 1. The molecule has 0 bridgehead atoms. The lowest BCUT2D eigenvalue weighted by Gasteiger charge is -2.27. The van der Waals surface area contributed by atoms with Gasteiger partial charge < -0.3 is 10.0 Å². The van der Waals surface area contributed by atoms with Crippen molar-refractivity contribution in [3.63, 3.8) is 0 Å². The molecule has 1 aliphatic heterocycles. The zero-order valence-corrected chi connectivity index (χ0v) is 16.3. The SMILES string of the molecule is O=C1C(O)=C(S(=O)(=O)c2ccccc2)[C@@H](c2ccccc2)N1Cc1ccccc1. The van der Waals surface area contributed by atoms with Crippen LogP contribution in [0.5, 0.6) is 0 Å². The van der Waals surface area contributed by atoms with Gasteiger partial charge in [0.1, 0.15) is 4.91 Å². The quantitative estimate of drug-likeness (QED) is 0.696. The second-order valence-electron chi connectivity index (χ2n) is 6.76. The van der Waals surface area contributed by atoms with E-state index in [4.69, 9.17) is 0 Å². The van der Waals surface area contributed by atoms with Crippen LogP contribution in [0.2, 0.25) is 0 Å². The summed E-state index contributed by atoms with van der Waals surface area (Å²) in [5, 5.41) is 10.6. The van der Waals surface area contributed by atoms with E-state index in [0.29, 0.717) is 5.56 Å². The summed E-state index contributed by atoms with van der Waals surface area (Å²) in [7, 11) is -4.08. The van der Waals surface area contributed by atoms with Gasteiger partial charge in [-0.25, -0.2) is 8.42 Å². The number of aliphatic hydroxyl groups is 1.